The van der Waals surface area contributed by atoms with Crippen molar-refractivity contribution in [1.82, 2.24) is 21.3 Å². The minimum absolute atomic E-state index is 0.0378. The van der Waals surface area contributed by atoms with Crippen molar-refractivity contribution in [1.29, 1.82) is 0 Å². The molecule has 39 heavy (non-hydrogen) atoms. The van der Waals surface area contributed by atoms with Crippen LogP contribution in [0.3, 0.4) is 0 Å². The van der Waals surface area contributed by atoms with E-state index in [4.69, 9.17) is 0 Å². The summed E-state index contributed by atoms with van der Waals surface area (Å²) in [5, 5.41) is 32.8. The summed E-state index contributed by atoms with van der Waals surface area (Å²) in [6, 6.07) is 21.3. The van der Waals surface area contributed by atoms with Gasteiger partial charge in [0.05, 0.1) is 12.2 Å². The van der Waals surface area contributed by atoms with Gasteiger partial charge >= 0.3 is 0 Å². The van der Waals surface area contributed by atoms with Crippen molar-refractivity contribution >= 4 is 28.5 Å². The molecule has 208 valence electrons. The molecule has 3 amide bonds. The van der Waals surface area contributed by atoms with Crippen molar-refractivity contribution in [3.8, 4) is 0 Å². The van der Waals surface area contributed by atoms with Gasteiger partial charge in [0.2, 0.25) is 11.8 Å². The molecule has 9 heteroatoms. The molecular formula is C30H38N4O5. The maximum Gasteiger partial charge on any atom is 0.252 e. The van der Waals surface area contributed by atoms with Crippen LogP contribution in [-0.4, -0.2) is 71.4 Å². The van der Waals surface area contributed by atoms with Crippen LogP contribution in [-0.2, 0) is 16.0 Å². The van der Waals surface area contributed by atoms with Crippen molar-refractivity contribution < 1.29 is 24.6 Å². The largest absolute Gasteiger partial charge is 0.392 e. The number of nitrogens with one attached hydrogen (secondary N) is 4. The van der Waals surface area contributed by atoms with Crippen molar-refractivity contribution in [3.63, 3.8) is 0 Å². The van der Waals surface area contributed by atoms with E-state index in [2.05, 4.69) is 21.3 Å². The van der Waals surface area contributed by atoms with Gasteiger partial charge in [-0.15, -0.1) is 0 Å². The minimum atomic E-state index is -1.31. The van der Waals surface area contributed by atoms with Gasteiger partial charge in [-0.1, -0.05) is 60.7 Å². The zero-order chi connectivity index (χ0) is 28.4. The zero-order valence-corrected chi connectivity index (χ0v) is 22.6. The van der Waals surface area contributed by atoms with Gasteiger partial charge in [0, 0.05) is 31.6 Å². The molecule has 0 aromatic heterocycles. The number of aliphatic hydroxyl groups is 2. The Morgan fingerprint density at radius 2 is 1.51 bits per heavy atom. The first kappa shape index (κ1) is 29.8. The third-order valence-electron chi connectivity index (χ3n) is 6.24. The monoisotopic (exact) mass is 534 g/mol. The van der Waals surface area contributed by atoms with Gasteiger partial charge in [-0.3, -0.25) is 14.4 Å². The molecule has 0 aliphatic rings. The normalized spacial score (nSPS) is 13.8. The first-order valence-electron chi connectivity index (χ1n) is 13.1. The number of fused-ring (bicyclic) bond motifs is 1. The Balaban J connectivity index is 1.72. The molecule has 0 spiro atoms. The predicted molar refractivity (Wildman–Crippen MR) is 151 cm³/mol. The molecule has 9 nitrogen and oxygen atoms in total. The molecule has 0 heterocycles. The summed E-state index contributed by atoms with van der Waals surface area (Å²) in [4.78, 5) is 39.2. The number of carbonyl (C=O) groups excluding carboxylic acids is 3. The Kier molecular flexibility index (Phi) is 10.6. The molecule has 0 aliphatic carbocycles. The summed E-state index contributed by atoms with van der Waals surface area (Å²) in [6.07, 6.45) is -1.23. The average Bonchev–Trinajstić information content (AvgIpc) is 2.91. The summed E-state index contributed by atoms with van der Waals surface area (Å²) >= 11 is 0. The minimum Gasteiger partial charge on any atom is -0.392 e. The van der Waals surface area contributed by atoms with E-state index in [0.29, 0.717) is 12.1 Å². The van der Waals surface area contributed by atoms with Gasteiger partial charge in [0.1, 0.15) is 11.6 Å². The van der Waals surface area contributed by atoms with Gasteiger partial charge in [-0.2, -0.15) is 0 Å². The third kappa shape index (κ3) is 9.17. The number of amides is 3. The van der Waals surface area contributed by atoms with E-state index in [9.17, 15) is 24.6 Å². The molecule has 0 saturated carbocycles. The first-order valence-corrected chi connectivity index (χ1v) is 13.1. The Morgan fingerprint density at radius 1 is 0.846 bits per heavy atom. The Hall–Kier alpha value is -3.79. The average molecular weight is 535 g/mol. The van der Waals surface area contributed by atoms with Crippen LogP contribution in [0, 0.1) is 0 Å². The fourth-order valence-corrected chi connectivity index (χ4v) is 4.02. The number of aliphatic hydroxyl groups excluding tert-OH is 2. The lowest BCUT2D eigenvalue weighted by atomic mass is 9.98. The Bertz CT molecular complexity index is 1260. The number of hydrogen-bond donors (Lipinski definition) is 6. The second-order valence-electron chi connectivity index (χ2n) is 10.3. The van der Waals surface area contributed by atoms with Crippen LogP contribution in [0.25, 0.3) is 10.8 Å². The standard InChI is InChI=1S/C30H38N4O5/c1-20(35)17-31-18-25(36)19-32-28(38)26(16-21-13-14-22-9-7-8-12-24(22)15-21)33-29(39)30(2,3)34-27(37)23-10-5-4-6-11-23/h4-15,20,25-26,31,35-36H,16-19H2,1-3H3,(H,32,38)(H,33,39)(H,34,37). The van der Waals surface area contributed by atoms with Gasteiger partial charge in [-0.25, -0.2) is 0 Å². The van der Waals surface area contributed by atoms with Crippen LogP contribution in [0.5, 0.6) is 0 Å². The van der Waals surface area contributed by atoms with Gasteiger partial charge < -0.3 is 31.5 Å². The SMILES string of the molecule is CC(O)CNCC(O)CNC(=O)C(Cc1ccc2ccccc2c1)NC(=O)C(C)(C)NC(=O)c1ccccc1. The van der Waals surface area contributed by atoms with Crippen LogP contribution in [0.4, 0.5) is 0 Å². The maximum absolute atomic E-state index is 13.3. The van der Waals surface area contributed by atoms with Crippen molar-refractivity contribution in [2.75, 3.05) is 19.6 Å². The lowest BCUT2D eigenvalue weighted by molar-refractivity contribution is -0.132. The molecule has 3 unspecified atom stereocenters. The van der Waals surface area contributed by atoms with Crippen molar-refractivity contribution in [2.24, 2.45) is 0 Å². The molecule has 6 N–H and O–H groups in total. The molecule has 3 rings (SSSR count). The number of rotatable bonds is 13. The molecule has 0 fully saturated rings. The third-order valence-corrected chi connectivity index (χ3v) is 6.24. The van der Waals surface area contributed by atoms with E-state index >= 15 is 0 Å². The molecule has 0 bridgehead atoms. The van der Waals surface area contributed by atoms with Crippen LogP contribution in [0.15, 0.2) is 72.8 Å². The van der Waals surface area contributed by atoms with E-state index in [-0.39, 0.29) is 19.5 Å². The fraction of sp³-hybridized carbons (Fsp3) is 0.367. The Labute approximate surface area is 229 Å². The topological polar surface area (TPSA) is 140 Å². The second kappa shape index (κ2) is 13.8. The second-order valence-corrected chi connectivity index (χ2v) is 10.3. The van der Waals surface area contributed by atoms with Gasteiger partial charge in [0.15, 0.2) is 0 Å². The highest BCUT2D eigenvalue weighted by Crippen LogP contribution is 2.17. The highest BCUT2D eigenvalue weighted by Gasteiger charge is 2.33. The summed E-state index contributed by atoms with van der Waals surface area (Å²) in [6.45, 7) is 5.24. The number of hydrogen-bond acceptors (Lipinski definition) is 6. The summed E-state index contributed by atoms with van der Waals surface area (Å²) in [5.41, 5.74) is -0.0411. The molecule has 0 radical (unpaired) electrons. The molecule has 3 aromatic rings. The molecular weight excluding hydrogens is 496 g/mol. The van der Waals surface area contributed by atoms with Crippen LogP contribution in [0.1, 0.15) is 36.7 Å². The number of carbonyl (C=O) groups is 3. The van der Waals surface area contributed by atoms with Gasteiger partial charge in [-0.05, 0) is 49.2 Å². The zero-order valence-electron chi connectivity index (χ0n) is 22.6. The van der Waals surface area contributed by atoms with Crippen LogP contribution >= 0.6 is 0 Å². The molecule has 0 aliphatic heterocycles. The quantitative estimate of drug-likeness (QED) is 0.197. The maximum atomic E-state index is 13.3. The highest BCUT2D eigenvalue weighted by atomic mass is 16.3. The predicted octanol–water partition coefficient (Wildman–Crippen LogP) is 1.52. The lowest BCUT2D eigenvalue weighted by Crippen LogP contribution is -2.59. The summed E-state index contributed by atoms with van der Waals surface area (Å²) < 4.78 is 0. The van der Waals surface area contributed by atoms with E-state index in [1.807, 2.05) is 42.5 Å². The number of benzene rings is 3. The highest BCUT2D eigenvalue weighted by molar-refractivity contribution is 6.00. The smallest absolute Gasteiger partial charge is 0.252 e. The van der Waals surface area contributed by atoms with E-state index in [1.54, 1.807) is 51.1 Å². The summed E-state index contributed by atoms with van der Waals surface area (Å²) in [5.74, 6) is -1.39. The lowest BCUT2D eigenvalue weighted by Gasteiger charge is -2.28. The van der Waals surface area contributed by atoms with E-state index in [0.717, 1.165) is 16.3 Å². The summed E-state index contributed by atoms with van der Waals surface area (Å²) in [7, 11) is 0. The van der Waals surface area contributed by atoms with E-state index < -0.39 is 41.5 Å². The first-order chi connectivity index (χ1) is 18.5. The van der Waals surface area contributed by atoms with Crippen LogP contribution in [0.2, 0.25) is 0 Å². The van der Waals surface area contributed by atoms with Crippen LogP contribution < -0.4 is 21.3 Å². The van der Waals surface area contributed by atoms with E-state index in [1.165, 1.54) is 0 Å². The van der Waals surface area contributed by atoms with Crippen molar-refractivity contribution in [2.45, 2.75) is 51.0 Å². The molecule has 3 aromatic carbocycles. The van der Waals surface area contributed by atoms with Crippen molar-refractivity contribution in [3.05, 3.63) is 83.9 Å². The molecule has 3 atom stereocenters. The Morgan fingerprint density at radius 3 is 2.21 bits per heavy atom. The van der Waals surface area contributed by atoms with Gasteiger partial charge in [0.25, 0.3) is 5.91 Å². The fourth-order valence-electron chi connectivity index (χ4n) is 4.02. The molecule has 0 saturated heterocycles.